The first-order valence-corrected chi connectivity index (χ1v) is 10.7. The number of hydrogen-bond donors (Lipinski definition) is 1. The Morgan fingerprint density at radius 2 is 1.38 bits per heavy atom. The molecule has 0 bridgehead atoms. The summed E-state index contributed by atoms with van der Waals surface area (Å²) in [7, 11) is -2.46. The van der Waals surface area contributed by atoms with Gasteiger partial charge in [0.1, 0.15) is 0 Å². The molecule has 0 heterocycles. The van der Waals surface area contributed by atoms with Crippen LogP contribution in [0.25, 0.3) is 0 Å². The lowest BCUT2D eigenvalue weighted by Gasteiger charge is -2.43. The van der Waals surface area contributed by atoms with E-state index in [1.807, 2.05) is 0 Å². The summed E-state index contributed by atoms with van der Waals surface area (Å²) in [6, 6.07) is 21.3. The molecule has 0 saturated carbocycles. The van der Waals surface area contributed by atoms with Gasteiger partial charge in [0.2, 0.25) is 0 Å². The van der Waals surface area contributed by atoms with Gasteiger partial charge in [-0.05, 0) is 21.8 Å². The van der Waals surface area contributed by atoms with Crippen LogP contribution >= 0.6 is 0 Å². The first kappa shape index (κ1) is 18.9. The molecule has 0 aromatic heterocycles. The zero-order valence-corrected chi connectivity index (χ0v) is 16.3. The van der Waals surface area contributed by atoms with Gasteiger partial charge in [0.15, 0.2) is 0 Å². The third-order valence-electron chi connectivity index (χ3n) is 4.79. The van der Waals surface area contributed by atoms with Gasteiger partial charge in [0.05, 0.1) is 0 Å². The van der Waals surface area contributed by atoms with Gasteiger partial charge in [0.25, 0.3) is 8.32 Å². The lowest BCUT2D eigenvalue weighted by Crippen LogP contribution is -2.67. The minimum atomic E-state index is -2.46. The van der Waals surface area contributed by atoms with Crippen molar-refractivity contribution in [1.29, 1.82) is 0 Å². The molecule has 2 rings (SSSR count). The van der Waals surface area contributed by atoms with Crippen LogP contribution < -0.4 is 10.4 Å². The first-order valence-electron chi connectivity index (χ1n) is 8.81. The Morgan fingerprint density at radius 3 is 1.71 bits per heavy atom. The van der Waals surface area contributed by atoms with Crippen molar-refractivity contribution in [3.63, 3.8) is 0 Å². The molecular weight excluding hydrogens is 312 g/mol. The van der Waals surface area contributed by atoms with Crippen LogP contribution in [0.2, 0.25) is 5.04 Å². The van der Waals surface area contributed by atoms with Crippen LogP contribution in [-0.2, 0) is 4.43 Å². The van der Waals surface area contributed by atoms with Crippen molar-refractivity contribution in [2.24, 2.45) is 5.92 Å². The smallest absolute Gasteiger partial charge is 0.261 e. The zero-order chi connectivity index (χ0) is 17.6. The summed E-state index contributed by atoms with van der Waals surface area (Å²) >= 11 is 0. The fourth-order valence-corrected chi connectivity index (χ4v) is 7.95. The average molecular weight is 343 g/mol. The van der Waals surface area contributed by atoms with Crippen LogP contribution in [0.5, 0.6) is 0 Å². The summed E-state index contributed by atoms with van der Waals surface area (Å²) < 4.78 is 6.79. The Labute approximate surface area is 147 Å². The highest BCUT2D eigenvalue weighted by Crippen LogP contribution is 2.37. The molecule has 0 amide bonds. The summed E-state index contributed by atoms with van der Waals surface area (Å²) in [5, 5.41) is 12.2. The van der Waals surface area contributed by atoms with Gasteiger partial charge in [-0.2, -0.15) is 0 Å². The number of hydrogen-bond acceptors (Lipinski definition) is 2. The molecule has 24 heavy (non-hydrogen) atoms. The molecule has 2 aromatic carbocycles. The Hall–Kier alpha value is -1.42. The molecule has 130 valence electrons. The van der Waals surface area contributed by atoms with Crippen molar-refractivity contribution in [3.8, 4) is 0 Å². The Kier molecular flexibility index (Phi) is 6.38. The number of aliphatic hydroxyl groups is 1. The van der Waals surface area contributed by atoms with Gasteiger partial charge < -0.3 is 9.53 Å². The molecule has 0 aliphatic carbocycles. The SMILES string of the molecule is CCC(CO)CO[Si](c1ccccc1)(c1ccccc1)C(C)(C)C. The van der Waals surface area contributed by atoms with Gasteiger partial charge in [-0.25, -0.2) is 0 Å². The normalized spacial score (nSPS) is 13.7. The van der Waals surface area contributed by atoms with Crippen molar-refractivity contribution in [2.45, 2.75) is 39.2 Å². The van der Waals surface area contributed by atoms with Crippen molar-refractivity contribution in [2.75, 3.05) is 13.2 Å². The maximum Gasteiger partial charge on any atom is 0.261 e. The Bertz CT molecular complexity index is 561. The molecule has 1 atom stereocenters. The second-order valence-electron chi connectivity index (χ2n) is 7.43. The van der Waals surface area contributed by atoms with Gasteiger partial charge in [-0.1, -0.05) is 88.4 Å². The summed E-state index contributed by atoms with van der Waals surface area (Å²) in [6.45, 7) is 9.71. The molecule has 0 spiro atoms. The minimum Gasteiger partial charge on any atom is -0.407 e. The highest BCUT2D eigenvalue weighted by molar-refractivity contribution is 6.99. The molecule has 1 unspecified atom stereocenters. The fourth-order valence-electron chi connectivity index (χ4n) is 3.30. The van der Waals surface area contributed by atoms with Crippen LogP contribution in [0, 0.1) is 5.92 Å². The second-order valence-corrected chi connectivity index (χ2v) is 11.7. The topological polar surface area (TPSA) is 29.5 Å². The second kappa shape index (κ2) is 8.10. The van der Waals surface area contributed by atoms with Crippen LogP contribution in [0.3, 0.4) is 0 Å². The van der Waals surface area contributed by atoms with E-state index in [-0.39, 0.29) is 17.6 Å². The lowest BCUT2D eigenvalue weighted by atomic mass is 10.1. The predicted octanol–water partition coefficient (Wildman–Crippen LogP) is 3.58. The summed E-state index contributed by atoms with van der Waals surface area (Å²) in [6.07, 6.45) is 0.925. The van der Waals surface area contributed by atoms with Crippen molar-refractivity contribution < 1.29 is 9.53 Å². The summed E-state index contributed by atoms with van der Waals surface area (Å²) in [5.74, 6) is 0.187. The summed E-state index contributed by atoms with van der Waals surface area (Å²) in [5.41, 5.74) is 0. The number of aliphatic hydroxyl groups excluding tert-OH is 1. The van der Waals surface area contributed by atoms with E-state index in [0.717, 1.165) is 6.42 Å². The largest absolute Gasteiger partial charge is 0.407 e. The highest BCUT2D eigenvalue weighted by Gasteiger charge is 2.50. The standard InChI is InChI=1S/C21H30O2Si/c1-5-18(16-22)17-23-24(21(2,3)4,19-12-8-6-9-13-19)20-14-10-7-11-15-20/h6-15,18,22H,5,16-17H2,1-4H3. The molecule has 0 aliphatic heterocycles. The van der Waals surface area contributed by atoms with Gasteiger partial charge in [-0.15, -0.1) is 0 Å². The zero-order valence-electron chi connectivity index (χ0n) is 15.3. The molecule has 3 heteroatoms. The molecule has 0 saturated heterocycles. The fraction of sp³-hybridized carbons (Fsp3) is 0.429. The van der Waals surface area contributed by atoms with Crippen molar-refractivity contribution in [1.82, 2.24) is 0 Å². The van der Waals surface area contributed by atoms with Gasteiger partial charge in [-0.3, -0.25) is 0 Å². The predicted molar refractivity (Wildman–Crippen MR) is 104 cm³/mol. The van der Waals surface area contributed by atoms with E-state index in [9.17, 15) is 5.11 Å². The maximum atomic E-state index is 9.60. The first-order chi connectivity index (χ1) is 11.5. The number of rotatable bonds is 7. The average Bonchev–Trinajstić information content (AvgIpc) is 2.59. The van der Waals surface area contributed by atoms with E-state index in [1.165, 1.54) is 10.4 Å². The van der Waals surface area contributed by atoms with E-state index in [4.69, 9.17) is 4.43 Å². The van der Waals surface area contributed by atoms with E-state index in [2.05, 4.69) is 88.4 Å². The molecule has 2 nitrogen and oxygen atoms in total. The van der Waals surface area contributed by atoms with Crippen LogP contribution in [0.1, 0.15) is 34.1 Å². The minimum absolute atomic E-state index is 0.0105. The molecule has 0 radical (unpaired) electrons. The van der Waals surface area contributed by atoms with Crippen molar-refractivity contribution in [3.05, 3.63) is 60.7 Å². The van der Waals surface area contributed by atoms with Crippen LogP contribution in [0.4, 0.5) is 0 Å². The third-order valence-corrected chi connectivity index (χ3v) is 9.79. The Morgan fingerprint density at radius 1 is 0.917 bits per heavy atom. The molecule has 1 N–H and O–H groups in total. The monoisotopic (exact) mass is 342 g/mol. The summed E-state index contributed by atoms with van der Waals surface area (Å²) in [4.78, 5) is 0. The number of benzene rings is 2. The molecule has 0 fully saturated rings. The van der Waals surface area contributed by atoms with Crippen LogP contribution in [-0.4, -0.2) is 26.6 Å². The molecular formula is C21H30O2Si. The highest BCUT2D eigenvalue weighted by atomic mass is 28.4. The van der Waals surface area contributed by atoms with Gasteiger partial charge >= 0.3 is 0 Å². The Balaban J connectivity index is 2.57. The van der Waals surface area contributed by atoms with E-state index >= 15 is 0 Å². The van der Waals surface area contributed by atoms with E-state index < -0.39 is 8.32 Å². The molecule has 2 aromatic rings. The maximum absolute atomic E-state index is 9.60. The van der Waals surface area contributed by atoms with Crippen LogP contribution in [0.15, 0.2) is 60.7 Å². The quantitative estimate of drug-likeness (QED) is 0.779. The van der Waals surface area contributed by atoms with E-state index in [0.29, 0.717) is 6.61 Å². The third kappa shape index (κ3) is 3.80. The van der Waals surface area contributed by atoms with E-state index in [1.54, 1.807) is 0 Å². The van der Waals surface area contributed by atoms with Crippen molar-refractivity contribution >= 4 is 18.7 Å². The lowest BCUT2D eigenvalue weighted by molar-refractivity contribution is 0.154. The molecule has 0 aliphatic rings. The van der Waals surface area contributed by atoms with Gasteiger partial charge in [0, 0.05) is 19.1 Å².